The molecule has 0 bridgehead atoms. The Hall–Kier alpha value is -1.50. The molecular weight excluding hydrogens is 203 g/mol. The summed E-state index contributed by atoms with van der Waals surface area (Å²) in [6.45, 7) is 0. The van der Waals surface area contributed by atoms with Crippen LogP contribution in [0.2, 0.25) is 0 Å². The minimum Gasteiger partial charge on any atom is -0.198 e. The molecule has 1 nitrogen and oxygen atoms in total. The molecule has 0 heterocycles. The van der Waals surface area contributed by atoms with Crippen LogP contribution in [0, 0.1) is 17.2 Å². The highest BCUT2D eigenvalue weighted by Gasteiger charge is 2.31. The molecule has 0 N–H and O–H groups in total. The van der Waals surface area contributed by atoms with Gasteiger partial charge in [0.05, 0.1) is 18.4 Å². The summed E-state index contributed by atoms with van der Waals surface area (Å²) in [5, 5.41) is 8.60. The van der Waals surface area contributed by atoms with Crippen molar-refractivity contribution in [2.75, 3.05) is 0 Å². The van der Waals surface area contributed by atoms with Gasteiger partial charge in [-0.3, -0.25) is 0 Å². The van der Waals surface area contributed by atoms with Crippen molar-refractivity contribution >= 4 is 0 Å². The number of benzene rings is 1. The average Bonchev–Trinajstić information content (AvgIpc) is 2.16. The summed E-state index contributed by atoms with van der Waals surface area (Å²) in [6.07, 6.45) is -5.16. The van der Waals surface area contributed by atoms with E-state index < -0.39 is 18.5 Å². The molecule has 1 atom stereocenters. The van der Waals surface area contributed by atoms with Crippen molar-refractivity contribution in [3.8, 4) is 6.07 Å². The highest BCUT2D eigenvalue weighted by atomic mass is 19.4. The molecule has 0 saturated heterocycles. The van der Waals surface area contributed by atoms with Crippen LogP contribution >= 0.6 is 0 Å². The molecule has 0 aliphatic heterocycles. The van der Waals surface area contributed by atoms with Crippen LogP contribution in [-0.4, -0.2) is 6.18 Å². The number of hydrogen-bond donors (Lipinski definition) is 0. The van der Waals surface area contributed by atoms with E-state index in [2.05, 4.69) is 0 Å². The van der Waals surface area contributed by atoms with E-state index in [4.69, 9.17) is 5.26 Å². The van der Waals surface area contributed by atoms with Crippen molar-refractivity contribution < 1.29 is 13.2 Å². The van der Waals surface area contributed by atoms with Gasteiger partial charge < -0.3 is 0 Å². The first-order valence-corrected chi connectivity index (χ1v) is 4.51. The van der Waals surface area contributed by atoms with Crippen LogP contribution in [0.1, 0.15) is 12.0 Å². The third-order valence-corrected chi connectivity index (χ3v) is 1.99. The van der Waals surface area contributed by atoms with E-state index in [1.54, 1.807) is 36.4 Å². The highest BCUT2D eigenvalue weighted by Crippen LogP contribution is 2.26. The predicted octanol–water partition coefficient (Wildman–Crippen LogP) is 3.32. The molecule has 0 fully saturated rings. The van der Waals surface area contributed by atoms with E-state index in [9.17, 15) is 13.2 Å². The van der Waals surface area contributed by atoms with Crippen molar-refractivity contribution in [1.29, 1.82) is 5.26 Å². The van der Waals surface area contributed by atoms with Crippen LogP contribution in [0.25, 0.3) is 0 Å². The first-order valence-electron chi connectivity index (χ1n) is 4.51. The number of alkyl halides is 3. The molecule has 1 aromatic rings. The Kier molecular flexibility index (Phi) is 3.73. The Balaban J connectivity index is 2.60. The normalized spacial score (nSPS) is 13.2. The van der Waals surface area contributed by atoms with Crippen LogP contribution in [0.3, 0.4) is 0 Å². The molecule has 4 heteroatoms. The Bertz CT molecular complexity index is 337. The fourth-order valence-electron chi connectivity index (χ4n) is 1.34. The minimum atomic E-state index is -4.27. The summed E-state index contributed by atoms with van der Waals surface area (Å²) < 4.78 is 36.1. The first-order chi connectivity index (χ1) is 7.01. The molecule has 0 amide bonds. The molecule has 0 aliphatic rings. The monoisotopic (exact) mass is 213 g/mol. The zero-order chi connectivity index (χ0) is 11.3. The van der Waals surface area contributed by atoms with Crippen LogP contribution in [0.15, 0.2) is 30.3 Å². The molecule has 0 aromatic heterocycles. The van der Waals surface area contributed by atoms with E-state index in [0.29, 0.717) is 0 Å². The summed E-state index contributed by atoms with van der Waals surface area (Å²) in [5.41, 5.74) is 0.758. The number of nitrogens with zero attached hydrogens (tertiary/aromatic N) is 1. The van der Waals surface area contributed by atoms with Crippen molar-refractivity contribution in [1.82, 2.24) is 0 Å². The van der Waals surface area contributed by atoms with Crippen molar-refractivity contribution in [3.05, 3.63) is 35.9 Å². The zero-order valence-electron chi connectivity index (χ0n) is 7.96. The van der Waals surface area contributed by atoms with Crippen molar-refractivity contribution in [2.45, 2.75) is 19.0 Å². The Morgan fingerprint density at radius 2 is 1.80 bits per heavy atom. The van der Waals surface area contributed by atoms with E-state index >= 15 is 0 Å². The fourth-order valence-corrected chi connectivity index (χ4v) is 1.34. The lowest BCUT2D eigenvalue weighted by molar-refractivity contribution is -0.140. The number of hydrogen-bond acceptors (Lipinski definition) is 1. The third-order valence-electron chi connectivity index (χ3n) is 1.99. The Morgan fingerprint density at radius 3 is 2.27 bits per heavy atom. The first kappa shape index (κ1) is 11.6. The van der Waals surface area contributed by atoms with Gasteiger partial charge in [-0.15, -0.1) is 0 Å². The zero-order valence-corrected chi connectivity index (χ0v) is 7.96. The molecule has 0 saturated carbocycles. The van der Waals surface area contributed by atoms with Crippen LogP contribution in [0.5, 0.6) is 0 Å². The van der Waals surface area contributed by atoms with E-state index in [1.165, 1.54) is 0 Å². The van der Waals surface area contributed by atoms with Crippen molar-refractivity contribution in [2.24, 2.45) is 5.92 Å². The topological polar surface area (TPSA) is 23.8 Å². The van der Waals surface area contributed by atoms with Crippen LogP contribution < -0.4 is 0 Å². The van der Waals surface area contributed by atoms with E-state index in [1.807, 2.05) is 0 Å². The van der Waals surface area contributed by atoms with Gasteiger partial charge in [-0.25, -0.2) is 0 Å². The number of halogens is 3. The van der Waals surface area contributed by atoms with Gasteiger partial charge in [-0.1, -0.05) is 30.3 Å². The highest BCUT2D eigenvalue weighted by molar-refractivity contribution is 5.16. The third kappa shape index (κ3) is 4.50. The van der Waals surface area contributed by atoms with Gasteiger partial charge in [0.15, 0.2) is 0 Å². The second-order valence-electron chi connectivity index (χ2n) is 3.34. The standard InChI is InChI=1S/C11H10F3N/c12-11(13,14)7-10(8-15)6-9-4-2-1-3-5-9/h1-5,10H,6-7H2/t10-/m0/s1. The maximum absolute atomic E-state index is 12.0. The molecule has 0 aliphatic carbocycles. The van der Waals surface area contributed by atoms with Gasteiger partial charge in [0.25, 0.3) is 0 Å². The lowest BCUT2D eigenvalue weighted by atomic mass is 9.97. The van der Waals surface area contributed by atoms with Gasteiger partial charge in [-0.05, 0) is 12.0 Å². The SMILES string of the molecule is N#C[C@@H](Cc1ccccc1)CC(F)(F)F. The van der Waals surface area contributed by atoms with Gasteiger partial charge in [0, 0.05) is 0 Å². The molecular formula is C11H10F3N. The summed E-state index contributed by atoms with van der Waals surface area (Å²) in [5.74, 6) is -0.993. The second kappa shape index (κ2) is 4.83. The minimum absolute atomic E-state index is 0.150. The van der Waals surface area contributed by atoms with E-state index in [-0.39, 0.29) is 6.42 Å². The maximum atomic E-state index is 12.0. The van der Waals surface area contributed by atoms with E-state index in [0.717, 1.165) is 5.56 Å². The average molecular weight is 213 g/mol. The lowest BCUT2D eigenvalue weighted by Crippen LogP contribution is -2.15. The molecule has 0 radical (unpaired) electrons. The Morgan fingerprint density at radius 1 is 1.20 bits per heavy atom. The largest absolute Gasteiger partial charge is 0.390 e. The molecule has 0 spiro atoms. The molecule has 15 heavy (non-hydrogen) atoms. The Labute approximate surface area is 86.1 Å². The summed E-state index contributed by atoms with van der Waals surface area (Å²) in [6, 6.07) is 10.4. The molecule has 0 unspecified atom stereocenters. The van der Waals surface area contributed by atoms with Gasteiger partial charge >= 0.3 is 6.18 Å². The summed E-state index contributed by atoms with van der Waals surface area (Å²) in [7, 11) is 0. The maximum Gasteiger partial charge on any atom is 0.390 e. The van der Waals surface area contributed by atoms with Crippen molar-refractivity contribution in [3.63, 3.8) is 0 Å². The summed E-state index contributed by atoms with van der Waals surface area (Å²) >= 11 is 0. The summed E-state index contributed by atoms with van der Waals surface area (Å²) in [4.78, 5) is 0. The van der Waals surface area contributed by atoms with Crippen LogP contribution in [-0.2, 0) is 6.42 Å². The lowest BCUT2D eigenvalue weighted by Gasteiger charge is -2.11. The molecule has 1 aromatic carbocycles. The van der Waals surface area contributed by atoms with Gasteiger partial charge in [0.2, 0.25) is 0 Å². The fraction of sp³-hybridized carbons (Fsp3) is 0.364. The number of nitriles is 1. The quantitative estimate of drug-likeness (QED) is 0.755. The van der Waals surface area contributed by atoms with Crippen LogP contribution in [0.4, 0.5) is 13.2 Å². The second-order valence-corrected chi connectivity index (χ2v) is 3.34. The predicted molar refractivity (Wildman–Crippen MR) is 49.9 cm³/mol. The molecule has 1 rings (SSSR count). The smallest absolute Gasteiger partial charge is 0.198 e. The molecule has 80 valence electrons. The van der Waals surface area contributed by atoms with Gasteiger partial charge in [0.1, 0.15) is 0 Å². The van der Waals surface area contributed by atoms with Gasteiger partial charge in [-0.2, -0.15) is 18.4 Å². The number of rotatable bonds is 3.